The monoisotopic (exact) mass is 329 g/mol. The zero-order valence-electron chi connectivity index (χ0n) is 13.0. The molecule has 0 fully saturated rings. The van der Waals surface area contributed by atoms with Gasteiger partial charge in [0.25, 0.3) is 0 Å². The number of aliphatic carboxylic acids is 1. The van der Waals surface area contributed by atoms with Crippen LogP contribution in [0.1, 0.15) is 25.2 Å². The van der Waals surface area contributed by atoms with Gasteiger partial charge in [0.05, 0.1) is 23.1 Å². The largest absolute Gasteiger partial charge is 0.480 e. The van der Waals surface area contributed by atoms with Crippen LogP contribution in [0.25, 0.3) is 11.0 Å². The van der Waals surface area contributed by atoms with Crippen molar-refractivity contribution in [2.24, 2.45) is 13.0 Å². The van der Waals surface area contributed by atoms with Crippen LogP contribution in [-0.2, 0) is 24.6 Å². The summed E-state index contributed by atoms with van der Waals surface area (Å²) in [6, 6.07) is 2.62. The third kappa shape index (κ3) is 3.64. The average molecular weight is 329 g/mol. The van der Waals surface area contributed by atoms with Gasteiger partial charge in [-0.3, -0.25) is 10.1 Å². The minimum atomic E-state index is -4.42. The summed E-state index contributed by atoms with van der Waals surface area (Å²) < 4.78 is 39.9. The molecule has 2 N–H and O–H groups in total. The third-order valence-corrected chi connectivity index (χ3v) is 3.71. The lowest BCUT2D eigenvalue weighted by Gasteiger charge is -2.17. The van der Waals surface area contributed by atoms with E-state index in [0.29, 0.717) is 11.3 Å². The number of hydrogen-bond donors (Lipinski definition) is 2. The first kappa shape index (κ1) is 17.3. The summed E-state index contributed by atoms with van der Waals surface area (Å²) in [5.74, 6) is -0.622. The summed E-state index contributed by atoms with van der Waals surface area (Å²) in [7, 11) is 1.69. The molecule has 8 heteroatoms. The Hall–Kier alpha value is -2.09. The van der Waals surface area contributed by atoms with Crippen molar-refractivity contribution < 1.29 is 23.1 Å². The van der Waals surface area contributed by atoms with Gasteiger partial charge in [0.2, 0.25) is 0 Å². The highest BCUT2D eigenvalue weighted by molar-refractivity contribution is 5.77. The lowest BCUT2D eigenvalue weighted by Crippen LogP contribution is -2.40. The van der Waals surface area contributed by atoms with Crippen LogP contribution in [0.5, 0.6) is 0 Å². The molecule has 0 radical (unpaired) electrons. The van der Waals surface area contributed by atoms with E-state index in [0.717, 1.165) is 12.1 Å². The van der Waals surface area contributed by atoms with Crippen molar-refractivity contribution in [3.8, 4) is 0 Å². The summed E-state index contributed by atoms with van der Waals surface area (Å²) in [5, 5.41) is 12.0. The molecule has 0 saturated heterocycles. The molecule has 23 heavy (non-hydrogen) atoms. The standard InChI is InChI=1S/C15H18F3N3O2/c1-8(2)13(14(22)23)19-7-12-20-10-6-9(15(16,17)18)4-5-11(10)21(12)3/h4-6,8,13,19H,7H2,1-3H3,(H,22,23)/t13-/m1/s1. The number of hydrogen-bond acceptors (Lipinski definition) is 3. The van der Waals surface area contributed by atoms with E-state index in [9.17, 15) is 18.0 Å². The molecule has 0 aliphatic rings. The van der Waals surface area contributed by atoms with Crippen molar-refractivity contribution in [1.82, 2.24) is 14.9 Å². The van der Waals surface area contributed by atoms with Gasteiger partial charge in [0.1, 0.15) is 11.9 Å². The molecule has 0 aliphatic heterocycles. The Morgan fingerprint density at radius 2 is 2.04 bits per heavy atom. The number of rotatable bonds is 5. The highest BCUT2D eigenvalue weighted by atomic mass is 19.4. The average Bonchev–Trinajstić information content (AvgIpc) is 2.73. The van der Waals surface area contributed by atoms with Crippen molar-refractivity contribution in [1.29, 1.82) is 0 Å². The molecule has 1 aromatic heterocycles. The van der Waals surface area contributed by atoms with Gasteiger partial charge in [0, 0.05) is 7.05 Å². The number of halogens is 3. The summed E-state index contributed by atoms with van der Waals surface area (Å²) >= 11 is 0. The molecule has 0 unspecified atom stereocenters. The number of carboxylic acid groups (broad SMARTS) is 1. The van der Waals surface area contributed by atoms with E-state index in [-0.39, 0.29) is 18.0 Å². The second-order valence-corrected chi connectivity index (χ2v) is 5.73. The predicted molar refractivity (Wildman–Crippen MR) is 78.8 cm³/mol. The Balaban J connectivity index is 2.28. The quantitative estimate of drug-likeness (QED) is 0.885. The summed E-state index contributed by atoms with van der Waals surface area (Å²) in [6.45, 7) is 3.70. The first-order valence-electron chi connectivity index (χ1n) is 7.10. The van der Waals surface area contributed by atoms with Crippen LogP contribution in [0.15, 0.2) is 18.2 Å². The highest BCUT2D eigenvalue weighted by Gasteiger charge is 2.31. The van der Waals surface area contributed by atoms with Crippen molar-refractivity contribution in [2.75, 3.05) is 0 Å². The fraction of sp³-hybridized carbons (Fsp3) is 0.467. The van der Waals surface area contributed by atoms with Gasteiger partial charge in [-0.05, 0) is 24.1 Å². The molecule has 0 saturated carbocycles. The summed E-state index contributed by atoms with van der Waals surface area (Å²) in [4.78, 5) is 15.3. The minimum Gasteiger partial charge on any atom is -0.480 e. The minimum absolute atomic E-state index is 0.126. The van der Waals surface area contributed by atoms with Crippen molar-refractivity contribution >= 4 is 17.0 Å². The zero-order valence-corrected chi connectivity index (χ0v) is 13.0. The van der Waals surface area contributed by atoms with E-state index in [1.165, 1.54) is 6.07 Å². The number of aryl methyl sites for hydroxylation is 1. The van der Waals surface area contributed by atoms with Gasteiger partial charge >= 0.3 is 12.1 Å². The molecule has 5 nitrogen and oxygen atoms in total. The van der Waals surface area contributed by atoms with Crippen LogP contribution in [-0.4, -0.2) is 26.7 Å². The molecule has 1 atom stereocenters. The van der Waals surface area contributed by atoms with Crippen LogP contribution in [0.3, 0.4) is 0 Å². The number of benzene rings is 1. The van der Waals surface area contributed by atoms with Gasteiger partial charge < -0.3 is 9.67 Å². The van der Waals surface area contributed by atoms with Crippen LogP contribution < -0.4 is 5.32 Å². The Labute approximate surface area is 131 Å². The lowest BCUT2D eigenvalue weighted by molar-refractivity contribution is -0.140. The molecule has 0 bridgehead atoms. The highest BCUT2D eigenvalue weighted by Crippen LogP contribution is 2.31. The van der Waals surface area contributed by atoms with Crippen molar-refractivity contribution in [2.45, 2.75) is 32.6 Å². The van der Waals surface area contributed by atoms with E-state index >= 15 is 0 Å². The normalized spacial score (nSPS) is 13.7. The fourth-order valence-electron chi connectivity index (χ4n) is 2.39. The topological polar surface area (TPSA) is 67.2 Å². The number of carboxylic acids is 1. The molecule has 2 rings (SSSR count). The van der Waals surface area contributed by atoms with Crippen molar-refractivity contribution in [3.05, 3.63) is 29.6 Å². The third-order valence-electron chi connectivity index (χ3n) is 3.71. The van der Waals surface area contributed by atoms with Gasteiger partial charge in [0.15, 0.2) is 0 Å². The maximum atomic E-state index is 12.7. The zero-order chi connectivity index (χ0) is 17.4. The lowest BCUT2D eigenvalue weighted by atomic mass is 10.1. The van der Waals surface area contributed by atoms with Gasteiger partial charge in [-0.1, -0.05) is 13.8 Å². The molecule has 2 aromatic rings. The Bertz CT molecular complexity index is 723. The molecule has 1 aromatic carbocycles. The number of alkyl halides is 3. The number of imidazole rings is 1. The first-order chi connectivity index (χ1) is 10.6. The Morgan fingerprint density at radius 3 is 2.57 bits per heavy atom. The van der Waals surface area contributed by atoms with Gasteiger partial charge in [-0.25, -0.2) is 4.98 Å². The van der Waals surface area contributed by atoms with Crippen LogP contribution in [0.4, 0.5) is 13.2 Å². The second kappa shape index (κ2) is 6.19. The number of nitrogens with one attached hydrogen (secondary N) is 1. The molecular formula is C15H18F3N3O2. The molecule has 1 heterocycles. The molecule has 0 spiro atoms. The van der Waals surface area contributed by atoms with Gasteiger partial charge in [-0.2, -0.15) is 13.2 Å². The van der Waals surface area contributed by atoms with Gasteiger partial charge in [-0.15, -0.1) is 0 Å². The van der Waals surface area contributed by atoms with Crippen LogP contribution >= 0.6 is 0 Å². The predicted octanol–water partition coefficient (Wildman–Crippen LogP) is 2.79. The molecule has 0 amide bonds. The molecule has 126 valence electrons. The van der Waals surface area contributed by atoms with E-state index in [1.54, 1.807) is 25.5 Å². The van der Waals surface area contributed by atoms with Crippen LogP contribution in [0.2, 0.25) is 0 Å². The van der Waals surface area contributed by atoms with Crippen molar-refractivity contribution in [3.63, 3.8) is 0 Å². The Morgan fingerprint density at radius 1 is 1.39 bits per heavy atom. The maximum absolute atomic E-state index is 12.7. The van der Waals surface area contributed by atoms with E-state index in [2.05, 4.69) is 10.3 Å². The Kier molecular flexibility index (Phi) is 4.65. The number of carbonyl (C=O) groups is 1. The number of nitrogens with zero attached hydrogens (tertiary/aromatic N) is 2. The second-order valence-electron chi connectivity index (χ2n) is 5.73. The molecule has 0 aliphatic carbocycles. The van der Waals surface area contributed by atoms with E-state index in [1.807, 2.05) is 0 Å². The molecular weight excluding hydrogens is 311 g/mol. The number of aromatic nitrogens is 2. The smallest absolute Gasteiger partial charge is 0.416 e. The summed E-state index contributed by atoms with van der Waals surface area (Å²) in [6.07, 6.45) is -4.42. The first-order valence-corrected chi connectivity index (χ1v) is 7.10. The van der Waals surface area contributed by atoms with Crippen LogP contribution in [0, 0.1) is 5.92 Å². The van der Waals surface area contributed by atoms with E-state index in [4.69, 9.17) is 5.11 Å². The van der Waals surface area contributed by atoms with E-state index < -0.39 is 23.8 Å². The SMILES string of the molecule is CC(C)[C@@H](NCc1nc2cc(C(F)(F)F)ccc2n1C)C(=O)O. The fourth-order valence-corrected chi connectivity index (χ4v) is 2.39. The maximum Gasteiger partial charge on any atom is 0.416 e. The number of fused-ring (bicyclic) bond motifs is 1. The summed E-state index contributed by atoms with van der Waals surface area (Å²) in [5.41, 5.74) is 0.0370.